The van der Waals surface area contributed by atoms with E-state index in [1.165, 1.54) is 0 Å². The number of sulfone groups is 4. The maximum atomic E-state index is 15.3. The van der Waals surface area contributed by atoms with Gasteiger partial charge in [-0.15, -0.1) is 0 Å². The molecule has 5 heterocycles. The van der Waals surface area contributed by atoms with Gasteiger partial charge in [-0.05, 0) is 276 Å². The maximum absolute atomic E-state index is 15.3. The fourth-order valence-electron chi connectivity index (χ4n) is 16.5. The Morgan fingerprint density at radius 3 is 0.552 bits per heavy atom. The first-order chi connectivity index (χ1) is 57.2. The zero-order chi connectivity index (χ0) is 95.0. The molecule has 0 atom stereocenters. The summed E-state index contributed by atoms with van der Waals surface area (Å²) in [6.45, 7) is 53.4. The van der Waals surface area contributed by atoms with Crippen LogP contribution in [0, 0.1) is 83.1 Å². The minimum atomic E-state index is -3.90. The molecule has 689 valence electrons. The van der Waals surface area contributed by atoms with E-state index in [2.05, 4.69) is 104 Å². The molecule has 9 N–H and O–H groups in total. The van der Waals surface area contributed by atoms with Gasteiger partial charge < -0.3 is 63.4 Å². The van der Waals surface area contributed by atoms with Gasteiger partial charge in [-0.3, -0.25) is 24.0 Å². The third kappa shape index (κ3) is 27.5. The molecule has 0 unspecified atom stereocenters. The van der Waals surface area contributed by atoms with Crippen molar-refractivity contribution < 1.29 is 118 Å². The zero-order valence-electron chi connectivity index (χ0n) is 79.1. The summed E-state index contributed by atoms with van der Waals surface area (Å²) >= 11 is 0. The molecule has 1 radical (unpaired) electrons. The second kappa shape index (κ2) is 45.1. The number of benzene rings is 4. The number of aliphatic carboxylic acids is 5. The summed E-state index contributed by atoms with van der Waals surface area (Å²) in [6.07, 6.45) is 0. The van der Waals surface area contributed by atoms with Crippen molar-refractivity contribution in [1.82, 2.24) is 19.9 Å². The van der Waals surface area contributed by atoms with E-state index in [1.54, 1.807) is 0 Å². The number of fused-ring (bicyclic) bond motifs is 8. The van der Waals surface area contributed by atoms with Gasteiger partial charge in [-0.1, -0.05) is 24.3 Å². The Morgan fingerprint density at radius 1 is 0.272 bits per heavy atom. The molecule has 125 heavy (non-hydrogen) atoms. The van der Waals surface area contributed by atoms with Crippen LogP contribution in [0.2, 0.25) is 0 Å². The van der Waals surface area contributed by atoms with Gasteiger partial charge >= 0.3 is 17.1 Å². The van der Waals surface area contributed by atoms with Gasteiger partial charge in [0.2, 0.25) is 0 Å². The number of aromatic nitrogens is 4. The summed E-state index contributed by atoms with van der Waals surface area (Å²) in [5.41, 5.74) is 16.5. The number of carbonyl (C=O) groups is 5. The van der Waals surface area contributed by atoms with Crippen LogP contribution in [-0.4, -0.2) is 257 Å². The fraction of sp³-hybridized carbons (Fsp3) is 0.479. The molecule has 9 rings (SSSR count). The minimum Gasteiger partial charge on any atom is -0.481 e. The number of hydrogen-bond donors (Lipinski definition) is 9. The number of H-pyrrole nitrogens is 4. The van der Waals surface area contributed by atoms with Gasteiger partial charge in [0.05, 0.1) is 126 Å². The molecule has 1 aliphatic rings. The molecule has 0 saturated heterocycles. The van der Waals surface area contributed by atoms with E-state index in [9.17, 15) is 0 Å². The van der Waals surface area contributed by atoms with E-state index in [4.69, 9.17) is 49.5 Å². The first-order valence-corrected chi connectivity index (χ1v) is 48.7. The third-order valence-corrected chi connectivity index (χ3v) is 32.3. The van der Waals surface area contributed by atoms with Crippen molar-refractivity contribution in [3.63, 3.8) is 0 Å². The van der Waals surface area contributed by atoms with Crippen LogP contribution < -0.4 is 21.4 Å². The molecule has 4 aromatic carbocycles. The van der Waals surface area contributed by atoms with Crippen LogP contribution in [0.5, 0.6) is 0 Å². The normalized spacial score (nSPS) is 14.2. The Kier molecular flexibility index (Phi) is 39.8. The molecule has 1 aliphatic heterocycles. The molecule has 0 amide bonds. The van der Waals surface area contributed by atoms with Crippen molar-refractivity contribution in [3.8, 4) is 0 Å². The second-order valence-corrected chi connectivity index (χ2v) is 42.0. The molecular formula is C94H140FeN8O18S4+7. The van der Waals surface area contributed by atoms with E-state index in [1.807, 2.05) is 156 Å². The van der Waals surface area contributed by atoms with Crippen LogP contribution in [0.25, 0.3) is 22.3 Å². The Morgan fingerprint density at radius 2 is 0.416 bits per heavy atom. The molecule has 31 heteroatoms. The van der Waals surface area contributed by atoms with Gasteiger partial charge in [0.25, 0.3) is 29.8 Å². The van der Waals surface area contributed by atoms with E-state index in [0.717, 1.165) is 109 Å². The monoisotopic (exact) mass is 1850 g/mol. The first kappa shape index (κ1) is 110. The molecule has 8 aromatic rings. The summed E-state index contributed by atoms with van der Waals surface area (Å²) in [4.78, 5) is 61.9. The van der Waals surface area contributed by atoms with Crippen molar-refractivity contribution >= 4 is 91.5 Å². The van der Waals surface area contributed by atoms with Crippen molar-refractivity contribution in [2.75, 3.05) is 130 Å². The van der Waals surface area contributed by atoms with Crippen molar-refractivity contribution in [1.29, 1.82) is 0 Å². The van der Waals surface area contributed by atoms with Gasteiger partial charge in [0, 0.05) is 101 Å². The summed E-state index contributed by atoms with van der Waals surface area (Å²) in [7, 11) is -7.21. The molecule has 0 spiro atoms. The summed E-state index contributed by atoms with van der Waals surface area (Å²) in [6, 6.07) is 24.1. The Balaban J connectivity index is 0.00000173. The van der Waals surface area contributed by atoms with E-state index >= 15 is 33.7 Å². The van der Waals surface area contributed by atoms with Gasteiger partial charge in [-0.2, -0.15) is 0 Å². The first-order valence-electron chi connectivity index (χ1n) is 42.1. The number of nitrogens with zero attached hydrogens (tertiary/aromatic N) is 4. The summed E-state index contributed by atoms with van der Waals surface area (Å²) in [5.74, 6) is -4.38. The summed E-state index contributed by atoms with van der Waals surface area (Å²) < 4.78 is 124. The predicted molar refractivity (Wildman–Crippen MR) is 494 cm³/mol. The SMILES string of the molecule is CC(=O)O.CC(=O)O.CC(=O)O.CC(=O)O.CC(=O)O.CC[N+](C)(CC)CCS(=O)(=O)c1c(C)cc(C)c(/C2=c3\cc/c([nH]3)=C(\c3c(C)cc(C)c(S(=O)(=O)CC[N+](C)(CC)CC)c3C)c3ccc([nH]3)/C(c3c(C)cc(C)c(S(=O)(=O)CC[N+](C)(CC)CC)c3C)=c3/cc/c([nH]3)=C(\c3c(C)cc(C)c(S(=O)(=O)CC[N+](C)(CC)CC)c3C)c3ccc2[nH]3)c1C.[Fe+3]. The summed E-state index contributed by atoms with van der Waals surface area (Å²) in [5, 5.41) is 39.7. The quantitative estimate of drug-likeness (QED) is 0.0162. The van der Waals surface area contributed by atoms with Crippen molar-refractivity contribution in [2.24, 2.45) is 0 Å². The van der Waals surface area contributed by atoms with Crippen LogP contribution in [0.1, 0.15) is 202 Å². The third-order valence-electron chi connectivity index (χ3n) is 24.5. The van der Waals surface area contributed by atoms with Gasteiger partial charge in [-0.25, -0.2) is 33.7 Å². The number of aryl methyl sites for hydroxylation is 8. The number of quaternary nitrogens is 4. The Bertz CT molecular complexity index is 5280. The topological polar surface area (TPSA) is 386 Å². The smallest absolute Gasteiger partial charge is 0.481 e. The maximum Gasteiger partial charge on any atom is 3.00 e. The molecule has 0 fully saturated rings. The van der Waals surface area contributed by atoms with Crippen LogP contribution in [0.15, 0.2) is 92.4 Å². The Labute approximate surface area is 752 Å². The van der Waals surface area contributed by atoms with Crippen LogP contribution in [0.4, 0.5) is 0 Å². The minimum absolute atomic E-state index is 0. The molecule has 26 nitrogen and oxygen atoms in total. The van der Waals surface area contributed by atoms with Gasteiger partial charge in [0.15, 0.2) is 39.3 Å². The molecule has 4 aromatic heterocycles. The molecule has 0 aliphatic carbocycles. The standard InChI is InChI=1S/C84H120N8O8S4.5C2H4O2.Fe/c1-25-89(21,26-2)41-45-101(93,94)81-57(13)49-53(9)73(61(81)17)77-65-33-35-67(85-65)78(74-54(10)50-58(14)82(62(74)18)102(95,96)46-42-90(22,27-3)28-4)69-37-39-71(87-69)80(76-56(12)52-60(16)84(64(76)20)104(99,100)48-44-92(24,31-7)32-8)72-40-38-70(88-72)79(68-36-34-66(77)86-68)75-55(11)51-59(15)83(63(75)19)103(97,98)47-43-91(23,29-5)30-6;5*1-2(3)4;/h33-40,49-52,85-88H,25-32,41-48H2,1-24H3;5*1H3,(H,3,4);/q+4;;;;;;+3/b77-65+,77-66?,78-67+,78-69?,79-68?,79-70+,80-71?,80-72+;;;;;;. The number of aromatic amines is 4. The predicted octanol–water partition coefficient (Wildman–Crippen LogP) is 11.5. The average molecular weight is 1850 g/mol. The van der Waals surface area contributed by atoms with Gasteiger partial charge in [0.1, 0.15) is 23.0 Å². The van der Waals surface area contributed by atoms with Crippen molar-refractivity contribution in [3.05, 3.63) is 206 Å². The number of carboxylic acid groups (broad SMARTS) is 5. The number of hydrogen-bond acceptors (Lipinski definition) is 13. The molecular weight excluding hydrogens is 1710 g/mol. The van der Waals surface area contributed by atoms with E-state index < -0.39 is 69.2 Å². The zero-order valence-corrected chi connectivity index (χ0v) is 83.4. The molecule has 0 saturated carbocycles. The van der Waals surface area contributed by atoms with E-state index in [-0.39, 0.29) is 59.7 Å². The largest absolute Gasteiger partial charge is 3.00 e. The van der Waals surface area contributed by atoms with E-state index in [0.29, 0.717) is 177 Å². The second-order valence-electron chi connectivity index (χ2n) is 33.8. The fourth-order valence-corrected chi connectivity index (χ4v) is 24.5. The number of nitrogens with one attached hydrogen (secondary N) is 4. The van der Waals surface area contributed by atoms with Crippen LogP contribution in [-0.2, 0) is 80.4 Å². The number of carboxylic acids is 5. The average Bonchev–Trinajstić information content (AvgIpc) is 1.52. The molecule has 8 bridgehead atoms. The Hall–Kier alpha value is -9.01. The number of rotatable bonds is 28. The van der Waals surface area contributed by atoms with Crippen LogP contribution >= 0.6 is 0 Å². The van der Waals surface area contributed by atoms with Crippen molar-refractivity contribution in [2.45, 2.75) is 193 Å². The van der Waals surface area contributed by atoms with Crippen LogP contribution in [0.3, 0.4) is 0 Å².